The number of amides is 1. The molecule has 4 N–H and O–H groups in total. The number of carbonyl (C=O) groups is 1. The van der Waals surface area contributed by atoms with Crippen molar-refractivity contribution in [2.75, 3.05) is 32.9 Å². The standard InChI is InChI=1S/C23H23FN6O2/c1-29(2)14-7-8-30(11-14)23(32)12-3-5-16-15(9-12)19(25)20(26-16)21-22(31)28-18-10-13(24)4-6-17(18)27-21/h3-6,9-10,14,26H,7-8,11,25H2,1-2H3,(H,28,31)/t14-/m0/s1. The number of likely N-dealkylation sites (tertiary alicyclic amines) is 1. The molecule has 9 heteroatoms. The van der Waals surface area contributed by atoms with Crippen LogP contribution in [0.2, 0.25) is 0 Å². The highest BCUT2D eigenvalue weighted by Gasteiger charge is 2.28. The van der Waals surface area contributed by atoms with Crippen LogP contribution < -0.4 is 11.3 Å². The predicted molar refractivity (Wildman–Crippen MR) is 122 cm³/mol. The summed E-state index contributed by atoms with van der Waals surface area (Å²) in [6.07, 6.45) is 0.942. The minimum atomic E-state index is -0.482. The fraction of sp³-hybridized carbons (Fsp3) is 0.261. The number of carbonyl (C=O) groups excluding carboxylic acids is 1. The second kappa shape index (κ2) is 7.45. The first-order valence-corrected chi connectivity index (χ1v) is 10.4. The van der Waals surface area contributed by atoms with E-state index in [0.29, 0.717) is 58.0 Å². The maximum Gasteiger partial charge on any atom is 0.276 e. The van der Waals surface area contributed by atoms with Gasteiger partial charge in [0.25, 0.3) is 11.5 Å². The highest BCUT2D eigenvalue weighted by molar-refractivity contribution is 6.04. The van der Waals surface area contributed by atoms with Crippen molar-refractivity contribution in [1.29, 1.82) is 0 Å². The Bertz CT molecular complexity index is 1420. The molecule has 164 valence electrons. The van der Waals surface area contributed by atoms with E-state index in [0.717, 1.165) is 6.42 Å². The summed E-state index contributed by atoms with van der Waals surface area (Å²) in [5.74, 6) is -0.498. The Morgan fingerprint density at radius 1 is 1.19 bits per heavy atom. The molecule has 0 spiro atoms. The summed E-state index contributed by atoms with van der Waals surface area (Å²) in [7, 11) is 4.04. The fourth-order valence-corrected chi connectivity index (χ4v) is 4.29. The van der Waals surface area contributed by atoms with E-state index in [1.807, 2.05) is 19.0 Å². The number of anilines is 1. The van der Waals surface area contributed by atoms with E-state index < -0.39 is 11.4 Å². The molecule has 1 atom stereocenters. The van der Waals surface area contributed by atoms with Crippen LogP contribution in [0.3, 0.4) is 0 Å². The minimum Gasteiger partial charge on any atom is -0.396 e. The maximum absolute atomic E-state index is 13.5. The van der Waals surface area contributed by atoms with Gasteiger partial charge in [-0.2, -0.15) is 0 Å². The second-order valence-electron chi connectivity index (χ2n) is 8.41. The smallest absolute Gasteiger partial charge is 0.276 e. The lowest BCUT2D eigenvalue weighted by atomic mass is 10.1. The molecule has 0 unspecified atom stereocenters. The highest BCUT2D eigenvalue weighted by atomic mass is 19.1. The van der Waals surface area contributed by atoms with Crippen LogP contribution >= 0.6 is 0 Å². The maximum atomic E-state index is 13.5. The van der Waals surface area contributed by atoms with Crippen molar-refractivity contribution in [2.24, 2.45) is 0 Å². The van der Waals surface area contributed by atoms with Crippen molar-refractivity contribution >= 4 is 33.5 Å². The summed E-state index contributed by atoms with van der Waals surface area (Å²) in [6.45, 7) is 1.40. The van der Waals surface area contributed by atoms with Crippen molar-refractivity contribution in [3.05, 3.63) is 58.1 Å². The second-order valence-corrected chi connectivity index (χ2v) is 8.41. The van der Waals surface area contributed by atoms with Crippen LogP contribution in [0.4, 0.5) is 10.1 Å². The zero-order valence-electron chi connectivity index (χ0n) is 17.8. The SMILES string of the molecule is CN(C)[C@H]1CCN(C(=O)c2ccc3[nH]c(-c4nc5ccc(F)cc5[nH]c4=O)c(N)c3c2)C1. The number of H-pyrrole nitrogens is 2. The fourth-order valence-electron chi connectivity index (χ4n) is 4.29. The average Bonchev–Trinajstić information content (AvgIpc) is 3.38. The van der Waals surface area contributed by atoms with E-state index in [1.165, 1.54) is 18.2 Å². The molecular weight excluding hydrogens is 411 g/mol. The molecule has 2 aromatic heterocycles. The van der Waals surface area contributed by atoms with Crippen molar-refractivity contribution in [1.82, 2.24) is 24.8 Å². The number of halogens is 1. The van der Waals surface area contributed by atoms with Gasteiger partial charge in [0.05, 0.1) is 22.4 Å². The molecule has 8 nitrogen and oxygen atoms in total. The number of nitrogens with two attached hydrogens (primary N) is 1. The number of aromatic nitrogens is 3. The lowest BCUT2D eigenvalue weighted by molar-refractivity contribution is 0.0783. The van der Waals surface area contributed by atoms with Crippen molar-refractivity contribution < 1.29 is 9.18 Å². The summed E-state index contributed by atoms with van der Waals surface area (Å²) in [5.41, 5.74) is 8.70. The number of aromatic amines is 2. The van der Waals surface area contributed by atoms with E-state index in [9.17, 15) is 14.0 Å². The molecule has 0 radical (unpaired) electrons. The van der Waals surface area contributed by atoms with Gasteiger partial charge < -0.3 is 25.5 Å². The Balaban J connectivity index is 1.53. The predicted octanol–water partition coefficient (Wildman–Crippen LogP) is 2.57. The first-order chi connectivity index (χ1) is 15.3. The molecule has 0 aliphatic carbocycles. The van der Waals surface area contributed by atoms with E-state index in [-0.39, 0.29) is 11.6 Å². The van der Waals surface area contributed by atoms with E-state index in [1.54, 1.807) is 18.2 Å². The van der Waals surface area contributed by atoms with Crippen LogP contribution in [0.1, 0.15) is 16.8 Å². The monoisotopic (exact) mass is 434 g/mol. The Hall–Kier alpha value is -3.72. The number of nitrogens with zero attached hydrogens (tertiary/aromatic N) is 3. The average molecular weight is 434 g/mol. The van der Waals surface area contributed by atoms with Crippen molar-refractivity contribution in [3.63, 3.8) is 0 Å². The molecule has 32 heavy (non-hydrogen) atoms. The number of hydrogen-bond donors (Lipinski definition) is 3. The Kier molecular flexibility index (Phi) is 4.70. The number of nitrogen functional groups attached to an aromatic ring is 1. The molecule has 4 aromatic rings. The van der Waals surface area contributed by atoms with Crippen LogP contribution in [0.5, 0.6) is 0 Å². The summed E-state index contributed by atoms with van der Waals surface area (Å²) in [6, 6.07) is 9.64. The molecule has 2 aromatic carbocycles. The van der Waals surface area contributed by atoms with E-state index in [4.69, 9.17) is 5.73 Å². The number of benzene rings is 2. The molecular formula is C23H23FN6O2. The molecule has 1 aliphatic heterocycles. The van der Waals surface area contributed by atoms with Gasteiger partial charge in [0.15, 0.2) is 5.69 Å². The van der Waals surface area contributed by atoms with Crippen LogP contribution in [-0.4, -0.2) is 63.9 Å². The molecule has 1 aliphatic rings. The molecule has 0 bridgehead atoms. The number of nitrogens with one attached hydrogen (secondary N) is 2. The third-order valence-corrected chi connectivity index (χ3v) is 6.16. The van der Waals surface area contributed by atoms with Gasteiger partial charge in [-0.05, 0) is 56.9 Å². The third kappa shape index (κ3) is 3.31. The van der Waals surface area contributed by atoms with Crippen LogP contribution in [-0.2, 0) is 0 Å². The zero-order chi connectivity index (χ0) is 22.6. The molecule has 3 heterocycles. The number of hydrogen-bond acceptors (Lipinski definition) is 5. The normalized spacial score (nSPS) is 16.5. The first kappa shape index (κ1) is 20.2. The molecule has 0 saturated carbocycles. The lowest BCUT2D eigenvalue weighted by Crippen LogP contribution is -2.34. The van der Waals surface area contributed by atoms with Gasteiger partial charge in [-0.25, -0.2) is 9.37 Å². The Morgan fingerprint density at radius 3 is 2.75 bits per heavy atom. The van der Waals surface area contributed by atoms with Gasteiger partial charge in [0.1, 0.15) is 5.82 Å². The van der Waals surface area contributed by atoms with Gasteiger partial charge in [-0.3, -0.25) is 9.59 Å². The van der Waals surface area contributed by atoms with Gasteiger partial charge in [0.2, 0.25) is 0 Å². The Labute approximate surface area is 182 Å². The largest absolute Gasteiger partial charge is 0.396 e. The first-order valence-electron chi connectivity index (χ1n) is 10.4. The number of rotatable bonds is 3. The number of likely N-dealkylation sites (N-methyl/N-ethyl adjacent to an activating group) is 1. The highest BCUT2D eigenvalue weighted by Crippen LogP contribution is 2.32. The Morgan fingerprint density at radius 2 is 2.00 bits per heavy atom. The topological polar surface area (TPSA) is 111 Å². The van der Waals surface area contributed by atoms with Crippen molar-refractivity contribution in [2.45, 2.75) is 12.5 Å². The van der Waals surface area contributed by atoms with Crippen LogP contribution in [0, 0.1) is 5.82 Å². The van der Waals surface area contributed by atoms with E-state index in [2.05, 4.69) is 19.9 Å². The van der Waals surface area contributed by atoms with Gasteiger partial charge in [-0.15, -0.1) is 0 Å². The molecule has 1 amide bonds. The minimum absolute atomic E-state index is 0.0397. The van der Waals surface area contributed by atoms with Crippen LogP contribution in [0.25, 0.3) is 33.3 Å². The summed E-state index contributed by atoms with van der Waals surface area (Å²) >= 11 is 0. The summed E-state index contributed by atoms with van der Waals surface area (Å²) < 4.78 is 13.5. The van der Waals surface area contributed by atoms with Crippen LogP contribution in [0.15, 0.2) is 41.2 Å². The lowest BCUT2D eigenvalue weighted by Gasteiger charge is -2.20. The third-order valence-electron chi connectivity index (χ3n) is 6.16. The van der Waals surface area contributed by atoms with E-state index >= 15 is 0 Å². The summed E-state index contributed by atoms with van der Waals surface area (Å²) in [5, 5.41) is 0.648. The van der Waals surface area contributed by atoms with Gasteiger partial charge in [0, 0.05) is 35.6 Å². The van der Waals surface area contributed by atoms with Gasteiger partial charge >= 0.3 is 0 Å². The molecule has 1 saturated heterocycles. The quantitative estimate of drug-likeness (QED) is 0.459. The molecule has 5 rings (SSSR count). The summed E-state index contributed by atoms with van der Waals surface area (Å²) in [4.78, 5) is 39.8. The molecule has 1 fully saturated rings. The van der Waals surface area contributed by atoms with Gasteiger partial charge in [-0.1, -0.05) is 0 Å². The zero-order valence-corrected chi connectivity index (χ0v) is 17.8. The number of fused-ring (bicyclic) bond motifs is 2. The van der Waals surface area contributed by atoms with Crippen molar-refractivity contribution in [3.8, 4) is 11.4 Å².